The topological polar surface area (TPSA) is 79.9 Å². The Kier molecular flexibility index (Phi) is 8.27. The Labute approximate surface area is 200 Å². The molecule has 2 N–H and O–H groups in total. The highest BCUT2D eigenvalue weighted by atomic mass is 35.5. The number of esters is 1. The minimum atomic E-state index is -4.66. The van der Waals surface area contributed by atoms with Crippen molar-refractivity contribution in [3.05, 3.63) is 53.1 Å². The number of amides is 1. The van der Waals surface area contributed by atoms with Crippen LogP contribution in [0.2, 0.25) is 5.02 Å². The van der Waals surface area contributed by atoms with Crippen molar-refractivity contribution in [3.8, 4) is 5.75 Å². The summed E-state index contributed by atoms with van der Waals surface area (Å²) in [4.78, 5) is 27.3. The molecule has 1 saturated heterocycles. The molecule has 1 aliphatic heterocycles. The fourth-order valence-corrected chi connectivity index (χ4v) is 3.70. The van der Waals surface area contributed by atoms with Crippen LogP contribution in [0.5, 0.6) is 5.75 Å². The van der Waals surface area contributed by atoms with Crippen molar-refractivity contribution in [1.29, 1.82) is 0 Å². The van der Waals surface area contributed by atoms with E-state index in [1.165, 1.54) is 37.4 Å². The molecule has 11 heteroatoms. The number of benzene rings is 2. The van der Waals surface area contributed by atoms with Gasteiger partial charge in [0.2, 0.25) is 0 Å². The molecule has 0 unspecified atom stereocenters. The van der Waals surface area contributed by atoms with Gasteiger partial charge in [-0.2, -0.15) is 13.2 Å². The molecule has 184 valence electrons. The summed E-state index contributed by atoms with van der Waals surface area (Å²) in [5, 5.41) is 6.08. The van der Waals surface area contributed by atoms with E-state index in [2.05, 4.69) is 15.5 Å². The molecule has 0 spiro atoms. The number of hydrogen-bond acceptors (Lipinski definition) is 6. The van der Waals surface area contributed by atoms with Crippen molar-refractivity contribution in [2.24, 2.45) is 0 Å². The summed E-state index contributed by atoms with van der Waals surface area (Å²) in [6.45, 7) is 4.20. The molecular formula is C23H25ClF3N3O4. The van der Waals surface area contributed by atoms with E-state index in [4.69, 9.17) is 21.1 Å². The number of carbonyl (C=O) groups excluding carboxylic acids is 2. The molecule has 0 saturated carbocycles. The first-order valence-electron chi connectivity index (χ1n) is 10.6. The van der Waals surface area contributed by atoms with Crippen LogP contribution in [0.1, 0.15) is 23.7 Å². The van der Waals surface area contributed by atoms with Crippen LogP contribution in [-0.2, 0) is 9.53 Å². The van der Waals surface area contributed by atoms with E-state index in [0.29, 0.717) is 18.1 Å². The number of halogens is 4. The first kappa shape index (κ1) is 25.6. The largest absolute Gasteiger partial charge is 0.480 e. The average molecular weight is 500 g/mol. The van der Waals surface area contributed by atoms with Crippen molar-refractivity contribution in [1.82, 2.24) is 5.32 Å². The number of ether oxygens (including phenoxy) is 2. The quantitative estimate of drug-likeness (QED) is 0.554. The zero-order valence-electron chi connectivity index (χ0n) is 18.6. The predicted molar refractivity (Wildman–Crippen MR) is 123 cm³/mol. The number of hydrogen-bond donors (Lipinski definition) is 2. The van der Waals surface area contributed by atoms with Gasteiger partial charge < -0.3 is 25.0 Å². The second kappa shape index (κ2) is 11.0. The summed E-state index contributed by atoms with van der Waals surface area (Å²) in [5.41, 5.74) is 0.781. The highest BCUT2D eigenvalue weighted by molar-refractivity contribution is 6.30. The molecule has 2 aromatic rings. The van der Waals surface area contributed by atoms with Crippen LogP contribution in [0.4, 0.5) is 24.5 Å². The molecule has 0 aromatic heterocycles. The number of nitrogens with one attached hydrogen (secondary N) is 2. The summed E-state index contributed by atoms with van der Waals surface area (Å²) in [6.07, 6.45) is -8.07. The Hall–Kier alpha value is -2.98. The van der Waals surface area contributed by atoms with Gasteiger partial charge in [-0.25, -0.2) is 4.79 Å². The van der Waals surface area contributed by atoms with E-state index < -0.39 is 30.6 Å². The fourth-order valence-electron chi connectivity index (χ4n) is 3.57. The SMILES string of the molecule is COC(=O)c1cc(N2CCN[C@@H](C)C2)ccc1NC(=O)[C@H](CC(F)(F)F)Oc1ccc(Cl)cc1. The molecule has 0 bridgehead atoms. The van der Waals surface area contributed by atoms with Crippen LogP contribution in [0.15, 0.2) is 42.5 Å². The van der Waals surface area contributed by atoms with Gasteiger partial charge in [-0.1, -0.05) is 11.6 Å². The number of piperazine rings is 1. The Morgan fingerprint density at radius 2 is 1.94 bits per heavy atom. The highest BCUT2D eigenvalue weighted by Crippen LogP contribution is 2.28. The molecule has 2 atom stereocenters. The number of alkyl halides is 3. The van der Waals surface area contributed by atoms with Gasteiger partial charge in [0, 0.05) is 36.4 Å². The lowest BCUT2D eigenvalue weighted by atomic mass is 10.1. The molecule has 0 aliphatic carbocycles. The van der Waals surface area contributed by atoms with Crippen molar-refractivity contribution < 1.29 is 32.2 Å². The minimum Gasteiger partial charge on any atom is -0.480 e. The molecule has 7 nitrogen and oxygen atoms in total. The molecule has 34 heavy (non-hydrogen) atoms. The Bertz CT molecular complexity index is 1020. The van der Waals surface area contributed by atoms with Crippen molar-refractivity contribution in [3.63, 3.8) is 0 Å². The van der Waals surface area contributed by atoms with E-state index in [1.54, 1.807) is 12.1 Å². The summed E-state index contributed by atoms with van der Waals surface area (Å²) in [6, 6.07) is 10.6. The Morgan fingerprint density at radius 3 is 2.56 bits per heavy atom. The lowest BCUT2D eigenvalue weighted by Gasteiger charge is -2.34. The Balaban J connectivity index is 1.85. The first-order chi connectivity index (χ1) is 16.1. The van der Waals surface area contributed by atoms with Gasteiger partial charge in [0.1, 0.15) is 5.75 Å². The number of rotatable bonds is 7. The van der Waals surface area contributed by atoms with Crippen LogP contribution in [-0.4, -0.2) is 56.9 Å². The van der Waals surface area contributed by atoms with Crippen LogP contribution in [0.25, 0.3) is 0 Å². The second-order valence-corrected chi connectivity index (χ2v) is 8.33. The average Bonchev–Trinajstić information content (AvgIpc) is 2.79. The molecular weight excluding hydrogens is 475 g/mol. The van der Waals surface area contributed by atoms with Gasteiger partial charge >= 0.3 is 12.1 Å². The zero-order chi connectivity index (χ0) is 24.9. The number of nitrogens with zero attached hydrogens (tertiary/aromatic N) is 1. The smallest absolute Gasteiger partial charge is 0.393 e. The maximum Gasteiger partial charge on any atom is 0.393 e. The zero-order valence-corrected chi connectivity index (χ0v) is 19.4. The third-order valence-electron chi connectivity index (χ3n) is 5.20. The number of carbonyl (C=O) groups is 2. The monoisotopic (exact) mass is 499 g/mol. The molecule has 2 aromatic carbocycles. The van der Waals surface area contributed by atoms with Crippen LogP contribution in [0.3, 0.4) is 0 Å². The van der Waals surface area contributed by atoms with Crippen LogP contribution < -0.4 is 20.3 Å². The molecule has 1 fully saturated rings. The third kappa shape index (κ3) is 7.01. The van der Waals surface area contributed by atoms with Crippen molar-refractivity contribution in [2.45, 2.75) is 31.7 Å². The van der Waals surface area contributed by atoms with E-state index in [9.17, 15) is 22.8 Å². The van der Waals surface area contributed by atoms with Crippen LogP contribution >= 0.6 is 11.6 Å². The normalized spacial score (nSPS) is 17.1. The summed E-state index contributed by atoms with van der Waals surface area (Å²) < 4.78 is 49.6. The standard InChI is InChI=1S/C23H25ClF3N3O4/c1-14-13-30(10-9-28-14)16-5-8-19(18(11-16)22(32)33-2)29-21(31)20(12-23(25,26)27)34-17-6-3-15(24)4-7-17/h3-8,11,14,20,28H,9-10,12-13H2,1-2H3,(H,29,31)/t14-,20-/m0/s1. The molecule has 0 radical (unpaired) electrons. The van der Waals surface area contributed by atoms with Gasteiger partial charge in [0.15, 0.2) is 6.10 Å². The maximum atomic E-state index is 13.2. The van der Waals surface area contributed by atoms with E-state index in [0.717, 1.165) is 12.2 Å². The van der Waals surface area contributed by atoms with Crippen molar-refractivity contribution >= 4 is 34.9 Å². The Morgan fingerprint density at radius 1 is 1.24 bits per heavy atom. The van der Waals surface area contributed by atoms with E-state index in [-0.39, 0.29) is 23.0 Å². The molecule has 1 amide bonds. The molecule has 1 aliphatic rings. The lowest BCUT2D eigenvalue weighted by molar-refractivity contribution is -0.158. The first-order valence-corrected chi connectivity index (χ1v) is 10.9. The second-order valence-electron chi connectivity index (χ2n) is 7.89. The van der Waals surface area contributed by atoms with E-state index in [1.807, 2.05) is 6.92 Å². The highest BCUT2D eigenvalue weighted by Gasteiger charge is 2.37. The van der Waals surface area contributed by atoms with Gasteiger partial charge in [0.25, 0.3) is 5.91 Å². The lowest BCUT2D eigenvalue weighted by Crippen LogP contribution is -2.49. The number of methoxy groups -OCH3 is 1. The minimum absolute atomic E-state index is 0.0238. The van der Waals surface area contributed by atoms with Gasteiger partial charge in [-0.3, -0.25) is 4.79 Å². The summed E-state index contributed by atoms with van der Waals surface area (Å²) >= 11 is 5.80. The maximum absolute atomic E-state index is 13.2. The molecule has 1 heterocycles. The third-order valence-corrected chi connectivity index (χ3v) is 5.45. The van der Waals surface area contributed by atoms with Gasteiger partial charge in [-0.05, 0) is 49.4 Å². The molecule has 3 rings (SSSR count). The van der Waals surface area contributed by atoms with Gasteiger partial charge in [-0.15, -0.1) is 0 Å². The van der Waals surface area contributed by atoms with Crippen molar-refractivity contribution in [2.75, 3.05) is 37.0 Å². The fraction of sp³-hybridized carbons (Fsp3) is 0.391. The number of anilines is 2. The van der Waals surface area contributed by atoms with E-state index >= 15 is 0 Å². The van der Waals surface area contributed by atoms with Gasteiger partial charge in [0.05, 0.1) is 24.8 Å². The van der Waals surface area contributed by atoms with Crippen LogP contribution in [0, 0.1) is 0 Å². The summed E-state index contributed by atoms with van der Waals surface area (Å²) in [7, 11) is 1.18. The predicted octanol–water partition coefficient (Wildman–Crippen LogP) is 4.26. The summed E-state index contributed by atoms with van der Waals surface area (Å²) in [5.74, 6) is -1.74.